The van der Waals surface area contributed by atoms with Crippen LogP contribution in [0.3, 0.4) is 0 Å². The first-order valence-electron chi connectivity index (χ1n) is 5.66. The zero-order valence-corrected chi connectivity index (χ0v) is 10.9. The van der Waals surface area contributed by atoms with Crippen LogP contribution in [-0.4, -0.2) is 22.8 Å². The highest BCUT2D eigenvalue weighted by Gasteiger charge is 2.09. The highest BCUT2D eigenvalue weighted by molar-refractivity contribution is 7.10. The molecule has 0 atom stereocenters. The molecule has 0 saturated heterocycles. The van der Waals surface area contributed by atoms with Crippen LogP contribution in [0.25, 0.3) is 0 Å². The van der Waals surface area contributed by atoms with Gasteiger partial charge >= 0.3 is 0 Å². The average Bonchev–Trinajstić information content (AvgIpc) is 3.08. The largest absolute Gasteiger partial charge is 0.395 e. The molecule has 0 bridgehead atoms. The number of nitrogens with one attached hydrogen (secondary N) is 1. The van der Waals surface area contributed by atoms with Crippen molar-refractivity contribution in [2.75, 3.05) is 6.61 Å². The van der Waals surface area contributed by atoms with Crippen LogP contribution in [0.1, 0.15) is 27.3 Å². The number of rotatable bonds is 4. The second-order valence-corrected chi connectivity index (χ2v) is 4.60. The number of aromatic nitrogens is 1. The van der Waals surface area contributed by atoms with E-state index in [1.165, 1.54) is 23.7 Å². The van der Waals surface area contributed by atoms with Crippen molar-refractivity contribution < 1.29 is 14.4 Å². The first kappa shape index (κ1) is 13.3. The number of carbonyl (C=O) groups is 1. The summed E-state index contributed by atoms with van der Waals surface area (Å²) < 4.78 is 4.61. The van der Waals surface area contributed by atoms with Crippen molar-refractivity contribution in [3.63, 3.8) is 0 Å². The molecule has 0 aliphatic heterocycles. The highest BCUT2D eigenvalue weighted by Crippen LogP contribution is 2.15. The Morgan fingerprint density at radius 2 is 2.42 bits per heavy atom. The summed E-state index contributed by atoms with van der Waals surface area (Å²) in [5.41, 5.74) is 1.13. The Morgan fingerprint density at radius 1 is 1.53 bits per heavy atom. The van der Waals surface area contributed by atoms with Gasteiger partial charge in [-0.3, -0.25) is 4.79 Å². The summed E-state index contributed by atoms with van der Waals surface area (Å²) in [4.78, 5) is 12.6. The Labute approximate surface area is 114 Å². The van der Waals surface area contributed by atoms with Gasteiger partial charge in [-0.05, 0) is 11.4 Å². The third-order valence-corrected chi connectivity index (χ3v) is 3.21. The normalized spacial score (nSPS) is 9.74. The summed E-state index contributed by atoms with van der Waals surface area (Å²) in [6, 6.07) is 3.40. The zero-order valence-electron chi connectivity index (χ0n) is 10.0. The topological polar surface area (TPSA) is 75.4 Å². The van der Waals surface area contributed by atoms with E-state index >= 15 is 0 Å². The van der Waals surface area contributed by atoms with Gasteiger partial charge in [0.05, 0.1) is 13.2 Å². The number of nitrogens with zero attached hydrogens (tertiary/aromatic N) is 1. The molecule has 0 fully saturated rings. The minimum absolute atomic E-state index is 0.0510. The molecule has 2 heterocycles. The lowest BCUT2D eigenvalue weighted by Crippen LogP contribution is -2.22. The molecule has 0 aliphatic rings. The van der Waals surface area contributed by atoms with E-state index in [0.29, 0.717) is 13.0 Å². The molecule has 6 heteroatoms. The zero-order chi connectivity index (χ0) is 13.5. The molecule has 2 aromatic heterocycles. The van der Waals surface area contributed by atoms with Gasteiger partial charge in [0.25, 0.3) is 5.91 Å². The summed E-state index contributed by atoms with van der Waals surface area (Å²) in [5, 5.41) is 16.9. The van der Waals surface area contributed by atoms with Crippen LogP contribution < -0.4 is 5.32 Å². The molecule has 1 amide bonds. The van der Waals surface area contributed by atoms with E-state index in [0.717, 1.165) is 10.4 Å². The minimum Gasteiger partial charge on any atom is -0.395 e. The van der Waals surface area contributed by atoms with Gasteiger partial charge in [-0.25, -0.2) is 0 Å². The second-order valence-electron chi connectivity index (χ2n) is 3.60. The summed E-state index contributed by atoms with van der Waals surface area (Å²) >= 11 is 1.52. The molecule has 98 valence electrons. The molecule has 0 radical (unpaired) electrons. The van der Waals surface area contributed by atoms with Gasteiger partial charge in [-0.2, -0.15) is 0 Å². The van der Waals surface area contributed by atoms with Crippen molar-refractivity contribution >= 4 is 17.2 Å². The summed E-state index contributed by atoms with van der Waals surface area (Å²) in [5.74, 6) is 5.55. The Kier molecular flexibility index (Phi) is 4.72. The van der Waals surface area contributed by atoms with E-state index in [4.69, 9.17) is 5.11 Å². The Bertz CT molecular complexity index is 593. The molecule has 2 aromatic rings. The Morgan fingerprint density at radius 3 is 3.16 bits per heavy atom. The van der Waals surface area contributed by atoms with Crippen LogP contribution in [0.5, 0.6) is 0 Å². The van der Waals surface area contributed by atoms with Crippen LogP contribution in [0.15, 0.2) is 28.3 Å². The van der Waals surface area contributed by atoms with Gasteiger partial charge in [0, 0.05) is 22.9 Å². The fourth-order valence-corrected chi connectivity index (χ4v) is 2.15. The molecule has 0 saturated carbocycles. The molecular weight excluding hydrogens is 264 g/mol. The lowest BCUT2D eigenvalue weighted by atomic mass is 10.2. The van der Waals surface area contributed by atoms with Gasteiger partial charge in [0.1, 0.15) is 6.26 Å². The number of carbonyl (C=O) groups excluding carboxylic acids is 1. The van der Waals surface area contributed by atoms with E-state index in [-0.39, 0.29) is 18.2 Å². The van der Waals surface area contributed by atoms with E-state index in [9.17, 15) is 4.79 Å². The lowest BCUT2D eigenvalue weighted by Gasteiger charge is -2.01. The maximum Gasteiger partial charge on any atom is 0.273 e. The molecule has 2 N–H and O–H groups in total. The highest BCUT2D eigenvalue weighted by atomic mass is 32.1. The minimum atomic E-state index is -0.281. The Hall–Kier alpha value is -2.10. The van der Waals surface area contributed by atoms with Crippen molar-refractivity contribution in [2.24, 2.45) is 0 Å². The van der Waals surface area contributed by atoms with E-state index in [1.807, 2.05) is 11.4 Å². The maximum absolute atomic E-state index is 11.7. The number of hydrogen-bond acceptors (Lipinski definition) is 5. The summed E-state index contributed by atoms with van der Waals surface area (Å²) in [6.45, 7) is 0.446. The summed E-state index contributed by atoms with van der Waals surface area (Å²) in [7, 11) is 0. The number of amides is 1. The molecule has 0 unspecified atom stereocenters. The molecule has 2 rings (SSSR count). The number of thiophene rings is 1. The van der Waals surface area contributed by atoms with E-state index < -0.39 is 0 Å². The smallest absolute Gasteiger partial charge is 0.273 e. The van der Waals surface area contributed by atoms with Gasteiger partial charge in [0.2, 0.25) is 0 Å². The predicted octanol–water partition coefficient (Wildman–Crippen LogP) is 1.40. The molecule has 0 aliphatic carbocycles. The van der Waals surface area contributed by atoms with Gasteiger partial charge in [0.15, 0.2) is 5.69 Å². The molecule has 0 aromatic carbocycles. The van der Waals surface area contributed by atoms with Crippen molar-refractivity contribution in [1.29, 1.82) is 0 Å². The molecule has 0 spiro atoms. The van der Waals surface area contributed by atoms with Crippen LogP contribution in [0.4, 0.5) is 0 Å². The van der Waals surface area contributed by atoms with E-state index in [2.05, 4.69) is 26.8 Å². The number of aliphatic hydroxyl groups is 1. The number of hydrogen-bond donors (Lipinski definition) is 2. The SMILES string of the molecule is O=C(NCc1sccc1C#CCCO)c1ccon1. The van der Waals surface area contributed by atoms with Crippen LogP contribution in [0, 0.1) is 11.8 Å². The Balaban J connectivity index is 1.95. The van der Waals surface area contributed by atoms with Crippen LogP contribution in [-0.2, 0) is 6.54 Å². The average molecular weight is 276 g/mol. The summed E-state index contributed by atoms with van der Waals surface area (Å²) in [6.07, 6.45) is 1.80. The van der Waals surface area contributed by atoms with Crippen molar-refractivity contribution in [3.8, 4) is 11.8 Å². The fourth-order valence-electron chi connectivity index (χ4n) is 1.38. The quantitative estimate of drug-likeness (QED) is 0.828. The van der Waals surface area contributed by atoms with Crippen molar-refractivity contribution in [1.82, 2.24) is 10.5 Å². The lowest BCUT2D eigenvalue weighted by molar-refractivity contribution is 0.0942. The third-order valence-electron chi connectivity index (χ3n) is 2.29. The van der Waals surface area contributed by atoms with Crippen LogP contribution in [0.2, 0.25) is 0 Å². The van der Waals surface area contributed by atoms with E-state index in [1.54, 1.807) is 0 Å². The van der Waals surface area contributed by atoms with Crippen molar-refractivity contribution in [2.45, 2.75) is 13.0 Å². The second kappa shape index (κ2) is 6.73. The fraction of sp³-hybridized carbons (Fsp3) is 0.231. The standard InChI is InChI=1S/C13H12N2O3S/c16-6-2-1-3-10-5-8-19-12(10)9-14-13(17)11-4-7-18-15-11/h4-5,7-8,16H,2,6,9H2,(H,14,17). The predicted molar refractivity (Wildman–Crippen MR) is 70.6 cm³/mol. The number of aliphatic hydroxyl groups excluding tert-OH is 1. The van der Waals surface area contributed by atoms with Crippen molar-refractivity contribution in [3.05, 3.63) is 39.9 Å². The molecule has 19 heavy (non-hydrogen) atoms. The van der Waals surface area contributed by atoms with Gasteiger partial charge < -0.3 is 14.9 Å². The maximum atomic E-state index is 11.7. The van der Waals surface area contributed by atoms with Crippen LogP contribution >= 0.6 is 11.3 Å². The van der Waals surface area contributed by atoms with Gasteiger partial charge in [-0.1, -0.05) is 17.0 Å². The molecular formula is C13H12N2O3S. The van der Waals surface area contributed by atoms with Gasteiger partial charge in [-0.15, -0.1) is 11.3 Å². The third kappa shape index (κ3) is 3.68. The monoisotopic (exact) mass is 276 g/mol. The first-order valence-corrected chi connectivity index (χ1v) is 6.54. The first-order chi connectivity index (χ1) is 9.31. The molecule has 5 nitrogen and oxygen atoms in total.